The number of hydrogen-bond acceptors (Lipinski definition) is 1. The van der Waals surface area contributed by atoms with E-state index in [1.54, 1.807) is 6.20 Å². The van der Waals surface area contributed by atoms with E-state index in [9.17, 15) is 0 Å². The summed E-state index contributed by atoms with van der Waals surface area (Å²) in [4.78, 5) is 4.14. The molecule has 0 atom stereocenters. The molecule has 1 heterocycles. The molecule has 0 aliphatic carbocycles. The minimum atomic E-state index is 0. The standard InChI is InChI=1S/C9H12N2.W/c1-2-6-10-8-9-5-3-4-7-11-9;/h3-5,7H,1-2,6,8H2;/q-2;+2. The zero-order chi connectivity index (χ0) is 7.94. The van der Waals surface area contributed by atoms with Crippen LogP contribution in [0.4, 0.5) is 0 Å². The number of hydrogen-bond donors (Lipinski definition) is 0. The Morgan fingerprint density at radius 1 is 1.42 bits per heavy atom. The van der Waals surface area contributed by atoms with Crippen LogP contribution in [0.25, 0.3) is 5.32 Å². The molecule has 12 heavy (non-hydrogen) atoms. The molecule has 0 unspecified atom stereocenters. The molecule has 0 N–H and O–H groups in total. The van der Waals surface area contributed by atoms with E-state index in [0.29, 0.717) is 0 Å². The molecule has 1 rings (SSSR count). The summed E-state index contributed by atoms with van der Waals surface area (Å²) in [6.07, 6.45) is 2.65. The van der Waals surface area contributed by atoms with Crippen molar-refractivity contribution in [1.29, 1.82) is 0 Å². The number of nitrogens with zero attached hydrogens (tertiary/aromatic N) is 2. The molecule has 0 aliphatic rings. The van der Waals surface area contributed by atoms with Crippen LogP contribution in [-0.2, 0) is 27.6 Å². The van der Waals surface area contributed by atoms with E-state index in [-0.39, 0.29) is 21.1 Å². The summed E-state index contributed by atoms with van der Waals surface area (Å²) in [5.74, 6) is 0. The van der Waals surface area contributed by atoms with Gasteiger partial charge in [-0.15, -0.1) is 6.54 Å². The van der Waals surface area contributed by atoms with Crippen LogP contribution in [0.5, 0.6) is 0 Å². The molecule has 0 aliphatic heterocycles. The van der Waals surface area contributed by atoms with Crippen LogP contribution < -0.4 is 0 Å². The molecule has 0 spiro atoms. The topological polar surface area (TPSA) is 27.0 Å². The van der Waals surface area contributed by atoms with Gasteiger partial charge in [0, 0.05) is 11.9 Å². The molecule has 0 saturated carbocycles. The fourth-order valence-corrected chi connectivity index (χ4v) is 0.797. The van der Waals surface area contributed by atoms with E-state index < -0.39 is 0 Å². The molecular formula is C9H12N2W. The van der Waals surface area contributed by atoms with E-state index >= 15 is 0 Å². The van der Waals surface area contributed by atoms with Crippen LogP contribution in [0.1, 0.15) is 12.1 Å². The average Bonchev–Trinajstić information content (AvgIpc) is 2.07. The number of aromatic nitrogens is 1. The second-order valence-electron chi connectivity index (χ2n) is 2.28. The van der Waals surface area contributed by atoms with Gasteiger partial charge in [0.25, 0.3) is 0 Å². The maximum absolute atomic E-state index is 4.24. The first kappa shape index (κ1) is 11.8. The Hall–Kier alpha value is -0.202. The van der Waals surface area contributed by atoms with E-state index in [1.807, 2.05) is 18.2 Å². The van der Waals surface area contributed by atoms with Crippen LogP contribution >= 0.6 is 0 Å². The summed E-state index contributed by atoms with van der Waals surface area (Å²) in [6.45, 7) is 5.25. The van der Waals surface area contributed by atoms with Crippen molar-refractivity contribution in [3.63, 3.8) is 0 Å². The predicted molar refractivity (Wildman–Crippen MR) is 46.1 cm³/mol. The normalized spacial score (nSPS) is 9.08. The molecule has 3 heteroatoms. The third-order valence-corrected chi connectivity index (χ3v) is 1.32. The fourth-order valence-electron chi connectivity index (χ4n) is 0.797. The Labute approximate surface area is 88.0 Å². The van der Waals surface area contributed by atoms with E-state index in [2.05, 4.69) is 17.2 Å². The van der Waals surface area contributed by atoms with Gasteiger partial charge in [-0.25, -0.2) is 6.42 Å². The molecule has 0 fully saturated rings. The van der Waals surface area contributed by atoms with Gasteiger partial charge in [0.1, 0.15) is 0 Å². The first-order chi connectivity index (χ1) is 5.43. The maximum atomic E-state index is 4.24. The van der Waals surface area contributed by atoms with Gasteiger partial charge < -0.3 is 12.2 Å². The first-order valence-corrected chi connectivity index (χ1v) is 3.76. The fraction of sp³-hybridized carbons (Fsp3) is 0.333. The monoisotopic (exact) mass is 332 g/mol. The molecule has 1 aromatic rings. The summed E-state index contributed by atoms with van der Waals surface area (Å²) in [6, 6.07) is 5.86. The first-order valence-electron chi connectivity index (χ1n) is 3.76. The van der Waals surface area contributed by atoms with Crippen molar-refractivity contribution in [2.45, 2.75) is 13.0 Å². The Bertz CT molecular complexity index is 189. The largest absolute Gasteiger partial charge is 2.00 e. The quantitative estimate of drug-likeness (QED) is 0.613. The summed E-state index contributed by atoms with van der Waals surface area (Å²) < 4.78 is 0. The maximum Gasteiger partial charge on any atom is 2.00 e. The van der Waals surface area contributed by atoms with Crippen LogP contribution in [0.2, 0.25) is 0 Å². The second kappa shape index (κ2) is 7.45. The van der Waals surface area contributed by atoms with Crippen LogP contribution in [0.15, 0.2) is 24.4 Å². The van der Waals surface area contributed by atoms with Gasteiger partial charge in [-0.3, -0.25) is 4.98 Å². The average molecular weight is 332 g/mol. The van der Waals surface area contributed by atoms with Gasteiger partial charge in [-0.2, -0.15) is 6.54 Å². The Morgan fingerprint density at radius 3 is 2.83 bits per heavy atom. The van der Waals surface area contributed by atoms with Gasteiger partial charge in [0.15, 0.2) is 0 Å². The SMILES string of the molecule is [CH2-]CC[N-]Cc1ccccn1.[W+2]. The molecule has 0 radical (unpaired) electrons. The molecule has 64 valence electrons. The van der Waals surface area contributed by atoms with Gasteiger partial charge in [0.2, 0.25) is 0 Å². The third-order valence-electron chi connectivity index (χ3n) is 1.32. The summed E-state index contributed by atoms with van der Waals surface area (Å²) in [5.41, 5.74) is 1.03. The minimum Gasteiger partial charge on any atom is -0.659 e. The summed E-state index contributed by atoms with van der Waals surface area (Å²) >= 11 is 0. The summed E-state index contributed by atoms with van der Waals surface area (Å²) in [5, 5.41) is 4.24. The predicted octanol–water partition coefficient (Wildman–Crippen LogP) is 2.18. The Morgan fingerprint density at radius 2 is 2.25 bits per heavy atom. The van der Waals surface area contributed by atoms with Gasteiger partial charge in [0.05, 0.1) is 0 Å². The molecule has 0 amide bonds. The Kier molecular flexibility index (Phi) is 7.32. The molecule has 0 bridgehead atoms. The van der Waals surface area contributed by atoms with Crippen molar-refractivity contribution in [3.05, 3.63) is 42.3 Å². The van der Waals surface area contributed by atoms with Crippen molar-refractivity contribution in [1.82, 2.24) is 4.98 Å². The number of rotatable bonds is 4. The van der Waals surface area contributed by atoms with Crippen molar-refractivity contribution in [2.24, 2.45) is 0 Å². The zero-order valence-electron chi connectivity index (χ0n) is 6.94. The van der Waals surface area contributed by atoms with Crippen molar-refractivity contribution < 1.29 is 21.1 Å². The van der Waals surface area contributed by atoms with Gasteiger partial charge >= 0.3 is 21.1 Å². The molecule has 0 aromatic carbocycles. The molecular weight excluding hydrogens is 320 g/mol. The van der Waals surface area contributed by atoms with Crippen LogP contribution in [0.3, 0.4) is 0 Å². The van der Waals surface area contributed by atoms with E-state index in [1.165, 1.54) is 0 Å². The third kappa shape index (κ3) is 4.63. The van der Waals surface area contributed by atoms with Crippen LogP contribution in [-0.4, -0.2) is 11.5 Å². The van der Waals surface area contributed by atoms with E-state index in [4.69, 9.17) is 0 Å². The van der Waals surface area contributed by atoms with Gasteiger partial charge in [-0.05, 0) is 12.1 Å². The summed E-state index contributed by atoms with van der Waals surface area (Å²) in [7, 11) is 0. The molecule has 2 nitrogen and oxygen atoms in total. The molecule has 0 saturated heterocycles. The molecule has 1 aromatic heterocycles. The van der Waals surface area contributed by atoms with Crippen molar-refractivity contribution in [2.75, 3.05) is 6.54 Å². The van der Waals surface area contributed by atoms with Crippen molar-refractivity contribution >= 4 is 0 Å². The van der Waals surface area contributed by atoms with Crippen molar-refractivity contribution in [3.8, 4) is 0 Å². The second-order valence-corrected chi connectivity index (χ2v) is 2.28. The van der Waals surface area contributed by atoms with Gasteiger partial charge in [-0.1, -0.05) is 6.07 Å². The number of pyridine rings is 1. The van der Waals surface area contributed by atoms with E-state index in [0.717, 1.165) is 25.2 Å². The Balaban J connectivity index is 0.00000121. The van der Waals surface area contributed by atoms with Crippen LogP contribution in [0, 0.1) is 6.92 Å². The zero-order valence-corrected chi connectivity index (χ0v) is 9.87. The minimum absolute atomic E-state index is 0. The smallest absolute Gasteiger partial charge is 0.659 e.